The van der Waals surface area contributed by atoms with Gasteiger partial charge in [0.25, 0.3) is 11.8 Å². The molecule has 0 saturated carbocycles. The number of carbonyl (C=O) groups excluding carboxylic acids is 2. The van der Waals surface area contributed by atoms with Crippen LogP contribution < -0.4 is 36.5 Å². The van der Waals surface area contributed by atoms with Crippen LogP contribution in [0.2, 0.25) is 0 Å². The number of benzene rings is 2. The Hall–Kier alpha value is -7.84. The number of aromatic amines is 2. The average Bonchev–Trinajstić information content (AvgIpc) is 4.07. The van der Waals surface area contributed by atoms with Gasteiger partial charge >= 0.3 is 11.4 Å². The first-order valence-corrected chi connectivity index (χ1v) is 22.2. The largest absolute Gasteiger partial charge is 0.495 e. The third-order valence-corrected chi connectivity index (χ3v) is 12.6. The molecule has 8 aromatic rings. The van der Waals surface area contributed by atoms with E-state index >= 15 is 0 Å². The van der Waals surface area contributed by atoms with Gasteiger partial charge in [-0.3, -0.25) is 38.2 Å². The lowest BCUT2D eigenvalue weighted by atomic mass is 10.1. The summed E-state index contributed by atoms with van der Waals surface area (Å²) in [6.45, 7) is 7.62. The van der Waals surface area contributed by atoms with Gasteiger partial charge in [-0.2, -0.15) is 5.12 Å². The molecule has 2 saturated heterocycles. The number of halogens is 2. The fourth-order valence-electron chi connectivity index (χ4n) is 9.03. The quantitative estimate of drug-likeness (QED) is 0.141. The van der Waals surface area contributed by atoms with E-state index in [2.05, 4.69) is 50.2 Å². The maximum atomic E-state index is 14.6. The highest BCUT2D eigenvalue weighted by atomic mass is 19.2. The van der Waals surface area contributed by atoms with Crippen LogP contribution in [0.15, 0.2) is 101 Å². The molecule has 0 aliphatic carbocycles. The summed E-state index contributed by atoms with van der Waals surface area (Å²) in [5.41, 5.74) is 8.84. The number of piperazine rings is 2. The number of aromatic nitrogens is 6. The molecule has 18 nitrogen and oxygen atoms in total. The van der Waals surface area contributed by atoms with Gasteiger partial charge in [-0.15, -0.1) is 0 Å². The van der Waals surface area contributed by atoms with Crippen molar-refractivity contribution in [3.8, 4) is 5.75 Å². The van der Waals surface area contributed by atoms with Gasteiger partial charge < -0.3 is 35.1 Å². The molecule has 68 heavy (non-hydrogen) atoms. The van der Waals surface area contributed by atoms with Crippen LogP contribution in [0.1, 0.15) is 31.8 Å². The van der Waals surface area contributed by atoms with Gasteiger partial charge in [0.05, 0.1) is 51.8 Å². The molecule has 8 heterocycles. The number of carbonyl (C=O) groups is 2. The first-order chi connectivity index (χ1) is 32.9. The minimum absolute atomic E-state index is 0.0218. The van der Waals surface area contributed by atoms with E-state index in [1.165, 1.54) is 13.1 Å². The number of fused-ring (bicyclic) bond motifs is 6. The van der Waals surface area contributed by atoms with E-state index in [0.29, 0.717) is 18.0 Å². The number of nitrogens with zero attached hydrogens (tertiary/aromatic N) is 9. The lowest BCUT2D eigenvalue weighted by molar-refractivity contribution is 0.0343. The second-order valence-electron chi connectivity index (χ2n) is 16.7. The molecule has 4 N–H and O–H groups in total. The third-order valence-electron chi connectivity index (χ3n) is 12.6. The maximum absolute atomic E-state index is 14.6. The molecule has 0 atom stereocenters. The number of H-pyrrole nitrogens is 2. The van der Waals surface area contributed by atoms with Crippen molar-refractivity contribution in [1.29, 1.82) is 0 Å². The number of hydrogen-bond acceptors (Lipinski definition) is 12. The zero-order valence-electron chi connectivity index (χ0n) is 38.1. The summed E-state index contributed by atoms with van der Waals surface area (Å²) in [5.74, 6) is -1.16. The molecule has 2 aliphatic heterocycles. The van der Waals surface area contributed by atoms with Crippen molar-refractivity contribution in [2.45, 2.75) is 13.1 Å². The number of nitrogens with one attached hydrogen (secondary N) is 4. The molecule has 10 rings (SSSR count). The zero-order chi connectivity index (χ0) is 47.6. The molecule has 2 fully saturated rings. The van der Waals surface area contributed by atoms with Crippen LogP contribution in [0.3, 0.4) is 0 Å². The Kier molecular flexibility index (Phi) is 12.8. The van der Waals surface area contributed by atoms with Crippen LogP contribution >= 0.6 is 0 Å². The van der Waals surface area contributed by atoms with Crippen molar-refractivity contribution in [3.63, 3.8) is 0 Å². The highest BCUT2D eigenvalue weighted by Gasteiger charge is 2.24. The minimum atomic E-state index is -0.710. The molecule has 2 amide bonds. The zero-order valence-corrected chi connectivity index (χ0v) is 38.1. The second-order valence-corrected chi connectivity index (χ2v) is 16.7. The molecule has 2 aliphatic rings. The normalized spacial score (nSPS) is 14.6. The van der Waals surface area contributed by atoms with Gasteiger partial charge in [0.15, 0.2) is 0 Å². The molecule has 0 unspecified atom stereocenters. The molecule has 0 bridgehead atoms. The molecule has 0 radical (unpaired) electrons. The Labute approximate surface area is 388 Å². The van der Waals surface area contributed by atoms with Crippen molar-refractivity contribution < 1.29 is 23.2 Å². The van der Waals surface area contributed by atoms with Gasteiger partial charge in [0.1, 0.15) is 22.6 Å². The van der Waals surface area contributed by atoms with Crippen LogP contribution in [-0.4, -0.2) is 136 Å². The summed E-state index contributed by atoms with van der Waals surface area (Å²) in [5, 5.41) is 5.61. The second kappa shape index (κ2) is 19.2. The van der Waals surface area contributed by atoms with Crippen molar-refractivity contribution in [2.75, 3.05) is 95.7 Å². The van der Waals surface area contributed by atoms with Crippen molar-refractivity contribution in [2.24, 2.45) is 0 Å². The van der Waals surface area contributed by atoms with E-state index in [9.17, 15) is 28.0 Å². The van der Waals surface area contributed by atoms with Crippen LogP contribution in [-0.2, 0) is 13.1 Å². The first kappa shape index (κ1) is 45.3. The minimum Gasteiger partial charge on any atom is -0.495 e. The SMILES string of the molecule is CNC(=O)c1cc(NC)c(N2CCN(Cc3cnc4c(c3)[nH]c(=O)n3cccc43)CC2)cc1F.COc1cc(C(=O)N(C)F)ccc1N1CCN(Cc2cnc3c(c2)[nH]c(=O)n2cccc32)CC1. The highest BCUT2D eigenvalue weighted by molar-refractivity contribution is 5.97. The number of hydrogen-bond donors (Lipinski definition) is 4. The molecule has 6 aromatic heterocycles. The van der Waals surface area contributed by atoms with Crippen molar-refractivity contribution in [1.82, 2.24) is 49.0 Å². The Morgan fingerprint density at radius 2 is 1.26 bits per heavy atom. The smallest absolute Gasteiger partial charge is 0.330 e. The summed E-state index contributed by atoms with van der Waals surface area (Å²) in [7, 11) is 5.87. The summed E-state index contributed by atoms with van der Waals surface area (Å²) in [6.07, 6.45) is 7.16. The molecule has 20 heteroatoms. The van der Waals surface area contributed by atoms with Gasteiger partial charge in [-0.1, -0.05) is 4.48 Å². The average molecular weight is 928 g/mol. The Bertz CT molecular complexity index is 3300. The van der Waals surface area contributed by atoms with E-state index in [0.717, 1.165) is 122 Å². The monoisotopic (exact) mass is 927 g/mol. The third kappa shape index (κ3) is 9.02. The number of amides is 2. The van der Waals surface area contributed by atoms with Gasteiger partial charge in [-0.05, 0) is 71.8 Å². The molecular weight excluding hydrogens is 877 g/mol. The van der Waals surface area contributed by atoms with Gasteiger partial charge in [0.2, 0.25) is 0 Å². The fourth-order valence-corrected chi connectivity index (χ4v) is 9.03. The number of ether oxygens (including phenoxy) is 1. The van der Waals surface area contributed by atoms with Gasteiger partial charge in [0, 0.05) is 123 Å². The predicted octanol–water partition coefficient (Wildman–Crippen LogP) is 4.50. The summed E-state index contributed by atoms with van der Waals surface area (Å²) < 4.78 is 36.4. The van der Waals surface area contributed by atoms with E-state index in [-0.39, 0.29) is 27.6 Å². The molecular formula is C48H51F2N13O5. The fraction of sp³-hybridized carbons (Fsp3) is 0.292. The predicted molar refractivity (Wildman–Crippen MR) is 257 cm³/mol. The van der Waals surface area contributed by atoms with Crippen LogP contribution in [0.25, 0.3) is 33.1 Å². The van der Waals surface area contributed by atoms with E-state index < -0.39 is 17.6 Å². The Morgan fingerprint density at radius 1 is 0.735 bits per heavy atom. The van der Waals surface area contributed by atoms with E-state index in [4.69, 9.17) is 4.74 Å². The lowest BCUT2D eigenvalue weighted by Crippen LogP contribution is -2.46. The number of anilines is 3. The summed E-state index contributed by atoms with van der Waals surface area (Å²) in [6, 6.07) is 19.4. The number of pyridine rings is 2. The topological polar surface area (TPSA) is 184 Å². The van der Waals surface area contributed by atoms with Crippen LogP contribution in [0.4, 0.5) is 25.9 Å². The maximum Gasteiger partial charge on any atom is 0.330 e. The highest BCUT2D eigenvalue weighted by Crippen LogP contribution is 2.32. The molecule has 352 valence electrons. The Morgan fingerprint density at radius 3 is 1.75 bits per heavy atom. The van der Waals surface area contributed by atoms with E-state index in [1.807, 2.05) is 48.8 Å². The number of methoxy groups -OCH3 is 1. The van der Waals surface area contributed by atoms with Crippen molar-refractivity contribution in [3.05, 3.63) is 141 Å². The van der Waals surface area contributed by atoms with Crippen LogP contribution in [0, 0.1) is 5.82 Å². The Balaban J connectivity index is 0.000000170. The first-order valence-electron chi connectivity index (χ1n) is 22.2. The van der Waals surface area contributed by atoms with Crippen LogP contribution in [0.5, 0.6) is 5.75 Å². The van der Waals surface area contributed by atoms with E-state index in [1.54, 1.807) is 59.6 Å². The molecule has 2 aromatic carbocycles. The summed E-state index contributed by atoms with van der Waals surface area (Å²) >= 11 is 0. The summed E-state index contributed by atoms with van der Waals surface area (Å²) in [4.78, 5) is 72.4. The number of rotatable bonds is 10. The van der Waals surface area contributed by atoms with Gasteiger partial charge in [-0.25, -0.2) is 14.0 Å². The standard InChI is InChI=1S/C24H26FN7O2.C24H25FN6O3/c1-26-18-11-16(23(33)27-2)17(25)12-21(18)31-8-6-30(7-9-31)14-15-10-19-22(28-13-15)20-4-3-5-32(20)24(34)29-19;1-28(25)23(32)17-5-6-19(21(13-17)34-2)30-10-8-29(9-11-30)15-16-12-18-22(26-14-16)20-4-3-7-31(20)24(33)27-18/h3-5,10-13,26H,6-9,14H2,1-2H3,(H,27,33)(H,29,34);3-7,12-14H,8-11,15H2,1-2H3,(H,27,33). The molecule has 0 spiro atoms. The lowest BCUT2D eigenvalue weighted by Gasteiger charge is -2.37. The van der Waals surface area contributed by atoms with Crippen molar-refractivity contribution >= 4 is 62.0 Å².